The Kier molecular flexibility index (Phi) is 5.64. The van der Waals surface area contributed by atoms with Crippen molar-refractivity contribution in [1.29, 1.82) is 0 Å². The molecule has 1 amide bonds. The van der Waals surface area contributed by atoms with Crippen LogP contribution in [0.15, 0.2) is 35.8 Å². The van der Waals surface area contributed by atoms with Gasteiger partial charge in [0, 0.05) is 12.4 Å². The minimum atomic E-state index is -0.431. The number of amides is 1. The number of carbonyl (C=O) groups is 1. The van der Waals surface area contributed by atoms with Gasteiger partial charge in [-0.05, 0) is 40.3 Å². The van der Waals surface area contributed by atoms with Gasteiger partial charge in [-0.3, -0.25) is 9.78 Å². The molecule has 0 bridgehead atoms. The summed E-state index contributed by atoms with van der Waals surface area (Å²) in [6.45, 7) is 0. The molecule has 0 saturated carbocycles. The van der Waals surface area contributed by atoms with Crippen LogP contribution in [0.4, 0.5) is 0 Å². The maximum absolute atomic E-state index is 11.8. The molecule has 2 rings (SSSR count). The first-order chi connectivity index (χ1) is 10.7. The fourth-order valence-corrected chi connectivity index (χ4v) is 2.50. The lowest BCUT2D eigenvalue weighted by molar-refractivity contribution is 0.0949. The molecular formula is C14H13IN4O3. The number of hydrogen-bond acceptors (Lipinski definition) is 6. The Morgan fingerprint density at radius 3 is 2.77 bits per heavy atom. The van der Waals surface area contributed by atoms with Gasteiger partial charge in [0.2, 0.25) is 0 Å². The van der Waals surface area contributed by atoms with Crippen LogP contribution in [0.5, 0.6) is 11.5 Å². The molecule has 0 radical (unpaired) electrons. The van der Waals surface area contributed by atoms with Crippen molar-refractivity contribution in [1.82, 2.24) is 15.4 Å². The standard InChI is InChI=1S/C14H13IN4O3/c1-21-12-6-9(5-10(15)13(12)22-2)7-18-19-14(20)11-8-16-3-4-17-11/h3-8H,1-2H3,(H,19,20)/b18-7+. The van der Waals surface area contributed by atoms with E-state index in [1.54, 1.807) is 20.3 Å². The van der Waals surface area contributed by atoms with Gasteiger partial charge < -0.3 is 9.47 Å². The van der Waals surface area contributed by atoms with Gasteiger partial charge in [0.05, 0.1) is 30.2 Å². The van der Waals surface area contributed by atoms with E-state index in [0.29, 0.717) is 11.5 Å². The minimum absolute atomic E-state index is 0.196. The summed E-state index contributed by atoms with van der Waals surface area (Å²) in [4.78, 5) is 19.5. The third kappa shape index (κ3) is 3.91. The zero-order valence-corrected chi connectivity index (χ0v) is 14.1. The summed E-state index contributed by atoms with van der Waals surface area (Å²) in [6, 6.07) is 3.62. The molecule has 0 saturated heterocycles. The van der Waals surface area contributed by atoms with Crippen molar-refractivity contribution in [3.63, 3.8) is 0 Å². The highest BCUT2D eigenvalue weighted by molar-refractivity contribution is 14.1. The first-order valence-corrected chi connectivity index (χ1v) is 7.24. The quantitative estimate of drug-likeness (QED) is 0.461. The number of carbonyl (C=O) groups excluding carboxylic acids is 1. The predicted molar refractivity (Wildman–Crippen MR) is 89.4 cm³/mol. The number of hydrazone groups is 1. The zero-order chi connectivity index (χ0) is 15.9. The summed E-state index contributed by atoms with van der Waals surface area (Å²) >= 11 is 2.14. The van der Waals surface area contributed by atoms with Crippen LogP contribution in [0.1, 0.15) is 16.1 Å². The molecule has 114 valence electrons. The van der Waals surface area contributed by atoms with E-state index in [1.807, 2.05) is 6.07 Å². The summed E-state index contributed by atoms with van der Waals surface area (Å²) in [5.74, 6) is 0.819. The summed E-state index contributed by atoms with van der Waals surface area (Å²) in [7, 11) is 3.14. The third-order valence-corrected chi connectivity index (χ3v) is 3.43. The SMILES string of the molecule is COc1cc(/C=N/NC(=O)c2cnccn2)cc(I)c1OC. The number of halogens is 1. The number of ether oxygens (including phenoxy) is 2. The average Bonchev–Trinajstić information content (AvgIpc) is 2.55. The van der Waals surface area contributed by atoms with Crippen LogP contribution < -0.4 is 14.9 Å². The predicted octanol–water partition coefficient (Wildman–Crippen LogP) is 1.86. The van der Waals surface area contributed by atoms with Gasteiger partial charge in [-0.2, -0.15) is 5.10 Å². The number of benzene rings is 1. The van der Waals surface area contributed by atoms with E-state index in [4.69, 9.17) is 9.47 Å². The molecule has 7 nitrogen and oxygen atoms in total. The molecule has 0 aliphatic heterocycles. The Hall–Kier alpha value is -2.23. The van der Waals surface area contributed by atoms with Crippen molar-refractivity contribution in [2.45, 2.75) is 0 Å². The lowest BCUT2D eigenvalue weighted by atomic mass is 10.2. The van der Waals surface area contributed by atoms with Gasteiger partial charge in [-0.1, -0.05) is 0 Å². The van der Waals surface area contributed by atoms with E-state index in [9.17, 15) is 4.79 Å². The maximum atomic E-state index is 11.8. The zero-order valence-electron chi connectivity index (χ0n) is 11.9. The van der Waals surface area contributed by atoms with Crippen molar-refractivity contribution >= 4 is 34.7 Å². The second kappa shape index (κ2) is 7.69. The second-order valence-electron chi connectivity index (χ2n) is 4.03. The average molecular weight is 412 g/mol. The molecule has 2 aromatic rings. The van der Waals surface area contributed by atoms with Crippen LogP contribution >= 0.6 is 22.6 Å². The molecule has 0 unspecified atom stereocenters. The molecule has 0 aliphatic rings. The van der Waals surface area contributed by atoms with Crippen molar-refractivity contribution in [3.05, 3.63) is 45.6 Å². The molecule has 8 heteroatoms. The van der Waals surface area contributed by atoms with Crippen LogP contribution in [0.25, 0.3) is 0 Å². The van der Waals surface area contributed by atoms with Gasteiger partial charge in [0.1, 0.15) is 5.69 Å². The molecule has 0 fully saturated rings. The summed E-state index contributed by atoms with van der Waals surface area (Å²) in [5, 5.41) is 3.90. The highest BCUT2D eigenvalue weighted by Crippen LogP contribution is 2.32. The van der Waals surface area contributed by atoms with Crippen molar-refractivity contribution in [2.24, 2.45) is 5.10 Å². The first kappa shape index (κ1) is 16.1. The Morgan fingerprint density at radius 2 is 2.14 bits per heavy atom. The van der Waals surface area contributed by atoms with E-state index < -0.39 is 5.91 Å². The van der Waals surface area contributed by atoms with E-state index in [-0.39, 0.29) is 5.69 Å². The van der Waals surface area contributed by atoms with E-state index >= 15 is 0 Å². The molecule has 22 heavy (non-hydrogen) atoms. The van der Waals surface area contributed by atoms with Crippen LogP contribution in [0.2, 0.25) is 0 Å². The molecular weight excluding hydrogens is 399 g/mol. The largest absolute Gasteiger partial charge is 0.493 e. The van der Waals surface area contributed by atoms with Gasteiger partial charge in [-0.25, -0.2) is 10.4 Å². The molecule has 0 aliphatic carbocycles. The normalized spacial score (nSPS) is 10.5. The number of rotatable bonds is 5. The molecule has 1 aromatic heterocycles. The van der Waals surface area contributed by atoms with Crippen molar-refractivity contribution in [2.75, 3.05) is 14.2 Å². The lowest BCUT2D eigenvalue weighted by Crippen LogP contribution is -2.19. The van der Waals surface area contributed by atoms with Gasteiger partial charge in [-0.15, -0.1) is 0 Å². The van der Waals surface area contributed by atoms with E-state index in [0.717, 1.165) is 9.13 Å². The Bertz CT molecular complexity index is 692. The highest BCUT2D eigenvalue weighted by Gasteiger charge is 2.10. The van der Waals surface area contributed by atoms with Crippen LogP contribution in [-0.4, -0.2) is 36.3 Å². The fourth-order valence-electron chi connectivity index (χ4n) is 1.65. The Balaban J connectivity index is 2.10. The van der Waals surface area contributed by atoms with Crippen molar-refractivity contribution in [3.8, 4) is 11.5 Å². The van der Waals surface area contributed by atoms with Crippen LogP contribution in [-0.2, 0) is 0 Å². The number of nitrogens with one attached hydrogen (secondary N) is 1. The topological polar surface area (TPSA) is 85.7 Å². The summed E-state index contributed by atoms with van der Waals surface area (Å²) in [6.07, 6.45) is 5.81. The molecule has 0 atom stereocenters. The molecule has 0 spiro atoms. The molecule has 1 N–H and O–H groups in total. The van der Waals surface area contributed by atoms with E-state index in [2.05, 4.69) is 43.1 Å². The van der Waals surface area contributed by atoms with Gasteiger partial charge >= 0.3 is 0 Å². The van der Waals surface area contributed by atoms with Crippen molar-refractivity contribution < 1.29 is 14.3 Å². The molecule has 1 aromatic carbocycles. The number of aromatic nitrogens is 2. The monoisotopic (exact) mass is 412 g/mol. The number of nitrogens with zero attached hydrogens (tertiary/aromatic N) is 3. The Labute approximate surface area is 140 Å². The number of hydrogen-bond donors (Lipinski definition) is 1. The Morgan fingerprint density at radius 1 is 1.32 bits per heavy atom. The lowest BCUT2D eigenvalue weighted by Gasteiger charge is -2.10. The van der Waals surface area contributed by atoms with E-state index in [1.165, 1.54) is 24.8 Å². The maximum Gasteiger partial charge on any atom is 0.291 e. The number of methoxy groups -OCH3 is 2. The van der Waals surface area contributed by atoms with Gasteiger partial charge in [0.25, 0.3) is 5.91 Å². The minimum Gasteiger partial charge on any atom is -0.493 e. The van der Waals surface area contributed by atoms with Crippen LogP contribution in [0.3, 0.4) is 0 Å². The highest BCUT2D eigenvalue weighted by atomic mass is 127. The summed E-state index contributed by atoms with van der Waals surface area (Å²) < 4.78 is 11.4. The molecule has 1 heterocycles. The van der Waals surface area contributed by atoms with Crippen LogP contribution in [0, 0.1) is 3.57 Å². The summed E-state index contributed by atoms with van der Waals surface area (Å²) in [5.41, 5.74) is 3.35. The second-order valence-corrected chi connectivity index (χ2v) is 5.19. The smallest absolute Gasteiger partial charge is 0.291 e. The first-order valence-electron chi connectivity index (χ1n) is 6.16. The van der Waals surface area contributed by atoms with Gasteiger partial charge in [0.15, 0.2) is 11.5 Å². The third-order valence-electron chi connectivity index (χ3n) is 2.63. The fraction of sp³-hybridized carbons (Fsp3) is 0.143.